The zero-order chi connectivity index (χ0) is 20.4. The summed E-state index contributed by atoms with van der Waals surface area (Å²) < 4.78 is 1.82. The number of carbonyl (C=O) groups excluding carboxylic acids is 1. The first-order valence-electron chi connectivity index (χ1n) is 9.73. The van der Waals surface area contributed by atoms with Crippen molar-refractivity contribution in [1.82, 2.24) is 19.7 Å². The van der Waals surface area contributed by atoms with E-state index in [-0.39, 0.29) is 5.91 Å². The molecule has 0 spiro atoms. The number of benzene rings is 1. The number of hydrogen-bond donors (Lipinski definition) is 1. The molecular formula is C22H25N5OS. The van der Waals surface area contributed by atoms with Gasteiger partial charge in [-0.1, -0.05) is 30.3 Å². The van der Waals surface area contributed by atoms with Gasteiger partial charge in [-0.3, -0.25) is 19.7 Å². The van der Waals surface area contributed by atoms with Crippen LogP contribution in [0.3, 0.4) is 0 Å². The van der Waals surface area contributed by atoms with Crippen molar-refractivity contribution in [3.8, 4) is 0 Å². The van der Waals surface area contributed by atoms with Gasteiger partial charge in [-0.2, -0.15) is 5.10 Å². The van der Waals surface area contributed by atoms with Crippen molar-refractivity contribution < 1.29 is 4.79 Å². The molecule has 0 saturated carbocycles. The number of aryl methyl sites for hydroxylation is 2. The van der Waals surface area contributed by atoms with Crippen molar-refractivity contribution in [2.75, 3.05) is 11.9 Å². The Bertz CT molecular complexity index is 1050. The third-order valence-corrected chi connectivity index (χ3v) is 6.25. The van der Waals surface area contributed by atoms with E-state index in [2.05, 4.69) is 44.6 Å². The molecule has 7 heteroatoms. The fourth-order valence-electron chi connectivity index (χ4n) is 3.62. The third-order valence-electron chi connectivity index (χ3n) is 5.26. The second kappa shape index (κ2) is 8.31. The van der Waals surface area contributed by atoms with Crippen LogP contribution >= 0.6 is 11.3 Å². The molecular weight excluding hydrogens is 382 g/mol. The van der Waals surface area contributed by atoms with Gasteiger partial charge in [0.1, 0.15) is 0 Å². The zero-order valence-corrected chi connectivity index (χ0v) is 17.8. The van der Waals surface area contributed by atoms with E-state index in [0.29, 0.717) is 5.13 Å². The monoisotopic (exact) mass is 407 g/mol. The fraction of sp³-hybridized carbons (Fsp3) is 0.318. The van der Waals surface area contributed by atoms with Crippen molar-refractivity contribution in [2.45, 2.75) is 33.4 Å². The average Bonchev–Trinajstić information content (AvgIpc) is 3.20. The molecule has 0 bridgehead atoms. The Morgan fingerprint density at radius 3 is 2.79 bits per heavy atom. The average molecular weight is 408 g/mol. The Morgan fingerprint density at radius 1 is 1.28 bits per heavy atom. The molecule has 3 aromatic rings. The number of hydrogen-bond acceptors (Lipinski definition) is 5. The van der Waals surface area contributed by atoms with E-state index < -0.39 is 0 Å². The Balaban J connectivity index is 1.39. The summed E-state index contributed by atoms with van der Waals surface area (Å²) in [7, 11) is 1.90. The van der Waals surface area contributed by atoms with E-state index in [4.69, 9.17) is 0 Å². The van der Waals surface area contributed by atoms with E-state index in [9.17, 15) is 4.79 Å². The van der Waals surface area contributed by atoms with Gasteiger partial charge in [0.25, 0.3) is 0 Å². The van der Waals surface area contributed by atoms with E-state index in [1.54, 1.807) is 17.4 Å². The van der Waals surface area contributed by atoms with Crippen LogP contribution in [0.25, 0.3) is 6.08 Å². The molecule has 29 heavy (non-hydrogen) atoms. The molecule has 1 aliphatic heterocycles. The van der Waals surface area contributed by atoms with Crippen LogP contribution in [-0.2, 0) is 31.4 Å². The topological polar surface area (TPSA) is 63.1 Å². The van der Waals surface area contributed by atoms with Crippen molar-refractivity contribution in [2.24, 2.45) is 7.05 Å². The Kier molecular flexibility index (Phi) is 5.60. The maximum atomic E-state index is 12.4. The molecule has 1 aliphatic rings. The van der Waals surface area contributed by atoms with Crippen molar-refractivity contribution in [1.29, 1.82) is 0 Å². The van der Waals surface area contributed by atoms with Crippen LogP contribution < -0.4 is 5.32 Å². The van der Waals surface area contributed by atoms with E-state index >= 15 is 0 Å². The van der Waals surface area contributed by atoms with Gasteiger partial charge in [-0.15, -0.1) is 11.3 Å². The quantitative estimate of drug-likeness (QED) is 0.655. The molecule has 0 unspecified atom stereocenters. The molecule has 0 fully saturated rings. The summed E-state index contributed by atoms with van der Waals surface area (Å²) >= 11 is 1.57. The Hall–Kier alpha value is -2.77. The highest BCUT2D eigenvalue weighted by atomic mass is 32.1. The van der Waals surface area contributed by atoms with Gasteiger partial charge < -0.3 is 0 Å². The van der Waals surface area contributed by atoms with Gasteiger partial charge in [0.2, 0.25) is 5.91 Å². The first-order chi connectivity index (χ1) is 14.0. The van der Waals surface area contributed by atoms with Crippen molar-refractivity contribution in [3.05, 3.63) is 69.5 Å². The minimum absolute atomic E-state index is 0.167. The molecule has 1 N–H and O–H groups in total. The lowest BCUT2D eigenvalue weighted by Crippen LogP contribution is -2.29. The van der Waals surface area contributed by atoms with E-state index in [1.165, 1.54) is 10.4 Å². The van der Waals surface area contributed by atoms with Crippen LogP contribution in [0.15, 0.2) is 36.4 Å². The molecule has 0 saturated heterocycles. The summed E-state index contributed by atoms with van der Waals surface area (Å²) in [4.78, 5) is 20.7. The Labute approximate surface area is 174 Å². The number of nitrogens with zero attached hydrogens (tertiary/aromatic N) is 4. The normalized spacial score (nSPS) is 14.3. The van der Waals surface area contributed by atoms with Crippen molar-refractivity contribution in [3.63, 3.8) is 0 Å². The molecule has 6 nitrogen and oxygen atoms in total. The largest absolute Gasteiger partial charge is 0.298 e. The predicted molar refractivity (Wildman–Crippen MR) is 117 cm³/mol. The highest BCUT2D eigenvalue weighted by molar-refractivity contribution is 7.15. The summed E-state index contributed by atoms with van der Waals surface area (Å²) in [5.74, 6) is -0.167. The predicted octanol–water partition coefficient (Wildman–Crippen LogP) is 3.70. The number of carbonyl (C=O) groups is 1. The first-order valence-corrected chi connectivity index (χ1v) is 10.6. The molecule has 2 aromatic heterocycles. The third kappa shape index (κ3) is 4.46. The summed E-state index contributed by atoms with van der Waals surface area (Å²) in [5, 5.41) is 7.96. The number of nitrogens with one attached hydrogen (secondary N) is 1. The van der Waals surface area contributed by atoms with Crippen LogP contribution in [-0.4, -0.2) is 32.1 Å². The maximum Gasteiger partial charge on any atom is 0.250 e. The SMILES string of the molecule is Cc1nn(C)c(C)c1/C=C/C(=O)Nc1nc2c(s1)CN(Cc1ccccc1)CC2. The lowest BCUT2D eigenvalue weighted by Gasteiger charge is -2.25. The molecule has 4 rings (SSSR count). The summed E-state index contributed by atoms with van der Waals surface area (Å²) in [6.45, 7) is 6.74. The number of aromatic nitrogens is 3. The molecule has 0 atom stereocenters. The van der Waals surface area contributed by atoms with Crippen LogP contribution in [0, 0.1) is 13.8 Å². The van der Waals surface area contributed by atoms with Crippen LogP contribution in [0.1, 0.15) is 33.1 Å². The summed E-state index contributed by atoms with van der Waals surface area (Å²) in [6.07, 6.45) is 4.29. The summed E-state index contributed by atoms with van der Waals surface area (Å²) in [5.41, 5.74) is 5.36. The molecule has 1 aromatic carbocycles. The van der Waals surface area contributed by atoms with Gasteiger partial charge in [0.05, 0.1) is 11.4 Å². The number of amides is 1. The summed E-state index contributed by atoms with van der Waals surface area (Å²) in [6, 6.07) is 10.5. The van der Waals surface area contributed by atoms with Gasteiger partial charge >= 0.3 is 0 Å². The molecule has 150 valence electrons. The minimum atomic E-state index is -0.167. The Morgan fingerprint density at radius 2 is 2.07 bits per heavy atom. The fourth-order valence-corrected chi connectivity index (χ4v) is 4.67. The van der Waals surface area contributed by atoms with Gasteiger partial charge in [0.15, 0.2) is 5.13 Å². The van der Waals surface area contributed by atoms with Crippen LogP contribution in [0.5, 0.6) is 0 Å². The number of rotatable bonds is 5. The van der Waals surface area contributed by atoms with Crippen LogP contribution in [0.4, 0.5) is 5.13 Å². The highest BCUT2D eigenvalue weighted by Crippen LogP contribution is 2.29. The lowest BCUT2D eigenvalue weighted by molar-refractivity contribution is -0.111. The molecule has 3 heterocycles. The standard InChI is InChI=1S/C22H25N5OS/c1-15-18(16(2)26(3)25-15)9-10-21(28)24-22-23-19-11-12-27(14-20(19)29-22)13-17-7-5-4-6-8-17/h4-10H,11-14H2,1-3H3,(H,23,24,28)/b10-9+. The highest BCUT2D eigenvalue weighted by Gasteiger charge is 2.21. The zero-order valence-electron chi connectivity index (χ0n) is 17.0. The van der Waals surface area contributed by atoms with Gasteiger partial charge in [0, 0.05) is 55.3 Å². The van der Waals surface area contributed by atoms with E-state index in [1.807, 2.05) is 37.7 Å². The van der Waals surface area contributed by atoms with E-state index in [0.717, 1.165) is 48.7 Å². The van der Waals surface area contributed by atoms with Gasteiger partial charge in [-0.25, -0.2) is 4.98 Å². The minimum Gasteiger partial charge on any atom is -0.298 e. The second-order valence-corrected chi connectivity index (χ2v) is 8.45. The number of thiazole rings is 1. The van der Waals surface area contributed by atoms with Gasteiger partial charge in [-0.05, 0) is 25.5 Å². The second-order valence-electron chi connectivity index (χ2n) is 7.37. The molecule has 0 aliphatic carbocycles. The smallest absolute Gasteiger partial charge is 0.250 e. The maximum absolute atomic E-state index is 12.4. The number of anilines is 1. The first kappa shape index (κ1) is 19.5. The lowest BCUT2D eigenvalue weighted by atomic mass is 10.1. The van der Waals surface area contributed by atoms with Crippen molar-refractivity contribution >= 4 is 28.5 Å². The molecule has 0 radical (unpaired) electrons. The molecule has 1 amide bonds. The number of fused-ring (bicyclic) bond motifs is 1. The van der Waals surface area contributed by atoms with Crippen LogP contribution in [0.2, 0.25) is 0 Å².